The van der Waals surface area contributed by atoms with Crippen molar-refractivity contribution in [3.05, 3.63) is 29.8 Å². The Morgan fingerprint density at radius 3 is 2.28 bits per heavy atom. The van der Waals surface area contributed by atoms with Crippen molar-refractivity contribution in [3.8, 4) is 5.75 Å². The summed E-state index contributed by atoms with van der Waals surface area (Å²) < 4.78 is 10.7. The molecule has 0 aliphatic carbocycles. The van der Waals surface area contributed by atoms with Gasteiger partial charge >= 0.3 is 6.09 Å². The number of methoxy groups -OCH3 is 1. The van der Waals surface area contributed by atoms with Gasteiger partial charge in [-0.05, 0) is 52.8 Å². The monoisotopic (exact) mass is 348 g/mol. The fourth-order valence-corrected chi connectivity index (χ4v) is 2.91. The van der Waals surface area contributed by atoms with Crippen LogP contribution in [-0.4, -0.2) is 59.7 Å². The number of benzene rings is 1. The largest absolute Gasteiger partial charge is 0.497 e. The van der Waals surface area contributed by atoms with Crippen LogP contribution < -0.4 is 4.74 Å². The number of nitrogens with zero attached hydrogens (tertiary/aromatic N) is 2. The van der Waals surface area contributed by atoms with E-state index in [2.05, 4.69) is 0 Å². The first-order valence-corrected chi connectivity index (χ1v) is 8.57. The molecule has 0 spiro atoms. The van der Waals surface area contributed by atoms with Crippen LogP contribution in [0.3, 0.4) is 0 Å². The predicted octanol–water partition coefficient (Wildman–Crippen LogP) is 3.17. The second-order valence-corrected chi connectivity index (χ2v) is 7.52. The Kier molecular flexibility index (Phi) is 5.60. The van der Waals surface area contributed by atoms with Crippen LogP contribution in [0, 0.1) is 0 Å². The molecule has 6 nitrogen and oxygen atoms in total. The highest BCUT2D eigenvalue weighted by Gasteiger charge is 2.36. The lowest BCUT2D eigenvalue weighted by Crippen LogP contribution is -2.60. The molecule has 1 saturated heterocycles. The first-order chi connectivity index (χ1) is 11.6. The minimum Gasteiger partial charge on any atom is -0.497 e. The fraction of sp³-hybridized carbons (Fsp3) is 0.579. The summed E-state index contributed by atoms with van der Waals surface area (Å²) >= 11 is 0. The van der Waals surface area contributed by atoms with Gasteiger partial charge in [0.25, 0.3) is 5.91 Å². The van der Waals surface area contributed by atoms with Crippen molar-refractivity contribution in [2.75, 3.05) is 20.2 Å². The zero-order valence-corrected chi connectivity index (χ0v) is 15.9. The molecule has 2 atom stereocenters. The van der Waals surface area contributed by atoms with Crippen molar-refractivity contribution in [2.45, 2.75) is 52.3 Å². The minimum absolute atomic E-state index is 0.0536. The Labute approximate surface area is 149 Å². The summed E-state index contributed by atoms with van der Waals surface area (Å²) in [6, 6.07) is 6.92. The van der Waals surface area contributed by atoms with Crippen LogP contribution >= 0.6 is 0 Å². The number of hydrogen-bond acceptors (Lipinski definition) is 4. The van der Waals surface area contributed by atoms with Crippen molar-refractivity contribution < 1.29 is 19.1 Å². The standard InChI is InChI=1S/C19H28N2O4/c1-13-12-21(18(23)25-19(3,4)5)14(2)11-20(13)17(22)15-8-7-9-16(10-15)24-6/h7-10,13-14H,11-12H2,1-6H3/t13-,14+/m1/s1. The number of rotatable bonds is 2. The van der Waals surface area contributed by atoms with Gasteiger partial charge in [0, 0.05) is 30.7 Å². The van der Waals surface area contributed by atoms with Crippen molar-refractivity contribution >= 4 is 12.0 Å². The number of hydrogen-bond donors (Lipinski definition) is 0. The Hall–Kier alpha value is -2.24. The Bertz CT molecular complexity index is 639. The fourth-order valence-electron chi connectivity index (χ4n) is 2.91. The van der Waals surface area contributed by atoms with Gasteiger partial charge in [0.15, 0.2) is 0 Å². The number of amides is 2. The maximum Gasteiger partial charge on any atom is 0.410 e. The van der Waals surface area contributed by atoms with Gasteiger partial charge in [-0.1, -0.05) is 6.07 Å². The molecule has 1 aliphatic rings. The normalized spacial score (nSPS) is 21.0. The van der Waals surface area contributed by atoms with Crippen LogP contribution in [0.1, 0.15) is 45.0 Å². The highest BCUT2D eigenvalue weighted by Crippen LogP contribution is 2.22. The van der Waals surface area contributed by atoms with E-state index >= 15 is 0 Å². The third kappa shape index (κ3) is 4.65. The summed E-state index contributed by atoms with van der Waals surface area (Å²) in [4.78, 5) is 28.8. The first kappa shape index (κ1) is 19.1. The van der Waals surface area contributed by atoms with E-state index in [0.29, 0.717) is 24.4 Å². The van der Waals surface area contributed by atoms with Crippen LogP contribution in [0.25, 0.3) is 0 Å². The van der Waals surface area contributed by atoms with E-state index in [-0.39, 0.29) is 24.1 Å². The zero-order valence-electron chi connectivity index (χ0n) is 15.9. The number of carbonyl (C=O) groups is 2. The highest BCUT2D eigenvalue weighted by molar-refractivity contribution is 5.95. The van der Waals surface area contributed by atoms with E-state index in [1.54, 1.807) is 35.1 Å². The number of piperazine rings is 1. The molecule has 138 valence electrons. The maximum absolute atomic E-state index is 12.9. The minimum atomic E-state index is -0.534. The van der Waals surface area contributed by atoms with E-state index in [9.17, 15) is 9.59 Å². The highest BCUT2D eigenvalue weighted by atomic mass is 16.6. The molecular weight excluding hydrogens is 320 g/mol. The molecule has 0 bridgehead atoms. The SMILES string of the molecule is COc1cccc(C(=O)N2C[C@H](C)N(C(=O)OC(C)(C)C)C[C@H]2C)c1. The van der Waals surface area contributed by atoms with Crippen LogP contribution in [0.2, 0.25) is 0 Å². The number of carbonyl (C=O) groups excluding carboxylic acids is 2. The lowest BCUT2D eigenvalue weighted by Gasteiger charge is -2.44. The van der Waals surface area contributed by atoms with Gasteiger partial charge in [-0.2, -0.15) is 0 Å². The quantitative estimate of drug-likeness (QED) is 0.824. The third-order valence-corrected chi connectivity index (χ3v) is 4.19. The van der Waals surface area contributed by atoms with Gasteiger partial charge in [0.2, 0.25) is 0 Å². The second kappa shape index (κ2) is 7.33. The van der Waals surface area contributed by atoms with Crippen LogP contribution in [0.15, 0.2) is 24.3 Å². The molecule has 2 amide bonds. The van der Waals surface area contributed by atoms with Crippen molar-refractivity contribution in [1.29, 1.82) is 0 Å². The van der Waals surface area contributed by atoms with Crippen molar-refractivity contribution in [3.63, 3.8) is 0 Å². The predicted molar refractivity (Wildman–Crippen MR) is 95.9 cm³/mol. The molecule has 1 aliphatic heterocycles. The molecule has 0 aromatic heterocycles. The molecule has 6 heteroatoms. The van der Waals surface area contributed by atoms with Crippen molar-refractivity contribution in [2.24, 2.45) is 0 Å². The first-order valence-electron chi connectivity index (χ1n) is 8.57. The topological polar surface area (TPSA) is 59.1 Å². The van der Waals surface area contributed by atoms with Gasteiger partial charge in [0.05, 0.1) is 7.11 Å². The van der Waals surface area contributed by atoms with Gasteiger partial charge in [-0.3, -0.25) is 4.79 Å². The molecular formula is C19H28N2O4. The second-order valence-electron chi connectivity index (χ2n) is 7.52. The van der Waals surface area contributed by atoms with E-state index in [1.165, 1.54) is 0 Å². The van der Waals surface area contributed by atoms with E-state index < -0.39 is 5.60 Å². The van der Waals surface area contributed by atoms with Gasteiger partial charge < -0.3 is 19.3 Å². The van der Waals surface area contributed by atoms with Gasteiger partial charge in [0.1, 0.15) is 11.4 Å². The zero-order chi connectivity index (χ0) is 18.8. The summed E-state index contributed by atoms with van der Waals surface area (Å²) in [5, 5.41) is 0. The Morgan fingerprint density at radius 1 is 1.08 bits per heavy atom. The number of ether oxygens (including phenoxy) is 2. The Balaban J connectivity index is 2.11. The molecule has 0 saturated carbocycles. The Morgan fingerprint density at radius 2 is 1.68 bits per heavy atom. The van der Waals surface area contributed by atoms with Gasteiger partial charge in [-0.25, -0.2) is 4.79 Å². The van der Waals surface area contributed by atoms with Crippen LogP contribution in [-0.2, 0) is 4.74 Å². The summed E-state index contributed by atoms with van der Waals surface area (Å²) in [5.41, 5.74) is 0.0530. The molecule has 1 fully saturated rings. The molecule has 0 unspecified atom stereocenters. The van der Waals surface area contributed by atoms with Crippen LogP contribution in [0.4, 0.5) is 4.79 Å². The summed E-state index contributed by atoms with van der Waals surface area (Å²) in [5.74, 6) is 0.598. The van der Waals surface area contributed by atoms with Crippen LogP contribution in [0.5, 0.6) is 5.75 Å². The van der Waals surface area contributed by atoms with Crippen molar-refractivity contribution in [1.82, 2.24) is 9.80 Å². The van der Waals surface area contributed by atoms with E-state index in [0.717, 1.165) is 0 Å². The summed E-state index contributed by atoms with van der Waals surface area (Å²) in [7, 11) is 1.58. The van der Waals surface area contributed by atoms with E-state index in [4.69, 9.17) is 9.47 Å². The molecule has 1 aromatic carbocycles. The summed E-state index contributed by atoms with van der Waals surface area (Å²) in [6.07, 6.45) is -0.333. The molecule has 25 heavy (non-hydrogen) atoms. The van der Waals surface area contributed by atoms with Gasteiger partial charge in [-0.15, -0.1) is 0 Å². The lowest BCUT2D eigenvalue weighted by molar-refractivity contribution is -0.00788. The molecule has 1 heterocycles. The molecule has 0 N–H and O–H groups in total. The lowest BCUT2D eigenvalue weighted by atomic mass is 10.1. The smallest absolute Gasteiger partial charge is 0.410 e. The molecule has 1 aromatic rings. The molecule has 2 rings (SSSR count). The third-order valence-electron chi connectivity index (χ3n) is 4.19. The van der Waals surface area contributed by atoms with E-state index in [1.807, 2.05) is 40.7 Å². The average molecular weight is 348 g/mol. The summed E-state index contributed by atoms with van der Waals surface area (Å²) in [6.45, 7) is 10.3. The average Bonchev–Trinajstić information content (AvgIpc) is 2.54. The maximum atomic E-state index is 12.9. The molecule has 0 radical (unpaired) electrons.